The lowest BCUT2D eigenvalue weighted by molar-refractivity contribution is 0.152. The summed E-state index contributed by atoms with van der Waals surface area (Å²) in [5.74, 6) is 0.951. The van der Waals surface area contributed by atoms with E-state index in [0.29, 0.717) is 6.04 Å². The van der Waals surface area contributed by atoms with Crippen molar-refractivity contribution >= 4 is 12.4 Å². The lowest BCUT2D eigenvalue weighted by atomic mass is 9.98. The average Bonchev–Trinajstić information content (AvgIpc) is 3.14. The minimum atomic E-state index is 0. The van der Waals surface area contributed by atoms with Crippen LogP contribution in [-0.4, -0.2) is 35.2 Å². The number of halogens is 1. The van der Waals surface area contributed by atoms with Crippen LogP contribution >= 0.6 is 12.4 Å². The van der Waals surface area contributed by atoms with Crippen molar-refractivity contribution in [3.63, 3.8) is 0 Å². The van der Waals surface area contributed by atoms with Crippen LogP contribution < -0.4 is 5.32 Å². The van der Waals surface area contributed by atoms with Crippen LogP contribution in [0.3, 0.4) is 0 Å². The fourth-order valence-electron chi connectivity index (χ4n) is 3.89. The first-order valence-electron chi connectivity index (χ1n) is 8.25. The molecule has 5 heteroatoms. The van der Waals surface area contributed by atoms with E-state index in [1.54, 1.807) is 0 Å². The van der Waals surface area contributed by atoms with Gasteiger partial charge in [0, 0.05) is 29.8 Å². The third-order valence-corrected chi connectivity index (χ3v) is 5.11. The van der Waals surface area contributed by atoms with E-state index in [0.717, 1.165) is 35.6 Å². The van der Waals surface area contributed by atoms with Crippen molar-refractivity contribution < 1.29 is 4.52 Å². The molecule has 23 heavy (non-hydrogen) atoms. The van der Waals surface area contributed by atoms with Crippen LogP contribution in [0, 0.1) is 0 Å². The molecule has 4 rings (SSSR count). The van der Waals surface area contributed by atoms with Crippen molar-refractivity contribution in [2.45, 2.75) is 50.4 Å². The quantitative estimate of drug-likeness (QED) is 0.930. The Morgan fingerprint density at radius 1 is 1.17 bits per heavy atom. The number of nitrogens with one attached hydrogen (secondary N) is 1. The number of hydrogen-bond donors (Lipinski definition) is 1. The fraction of sp³-hybridized carbons (Fsp3) is 0.500. The molecule has 0 aliphatic carbocycles. The summed E-state index contributed by atoms with van der Waals surface area (Å²) in [5, 5.41) is 7.92. The van der Waals surface area contributed by atoms with E-state index in [9.17, 15) is 0 Å². The summed E-state index contributed by atoms with van der Waals surface area (Å²) < 4.78 is 5.54. The second-order valence-corrected chi connectivity index (χ2v) is 6.72. The lowest BCUT2D eigenvalue weighted by Gasteiger charge is -2.35. The summed E-state index contributed by atoms with van der Waals surface area (Å²) in [7, 11) is 2.21. The van der Waals surface area contributed by atoms with E-state index in [4.69, 9.17) is 4.52 Å². The summed E-state index contributed by atoms with van der Waals surface area (Å²) in [5.41, 5.74) is 2.04. The van der Waals surface area contributed by atoms with Gasteiger partial charge in [0.15, 0.2) is 5.76 Å². The number of hydrogen-bond acceptors (Lipinski definition) is 4. The molecule has 1 aromatic carbocycles. The molecule has 3 heterocycles. The molecule has 2 bridgehead atoms. The molecular formula is C18H24ClN3O. The van der Waals surface area contributed by atoms with Crippen LogP contribution in [0.25, 0.3) is 11.3 Å². The van der Waals surface area contributed by atoms with Gasteiger partial charge < -0.3 is 9.84 Å². The number of rotatable bonds is 4. The van der Waals surface area contributed by atoms with E-state index < -0.39 is 0 Å². The standard InChI is InChI=1S/C18H23N3O.ClH/c1-21(16-9-14-7-8-15(10-16)19-14)12-17-11-18(20-22-17)13-5-3-2-4-6-13;/h2-6,11,14-16,19H,7-10,12H2,1H3;1H. The van der Waals surface area contributed by atoms with Crippen molar-refractivity contribution in [2.75, 3.05) is 7.05 Å². The SMILES string of the molecule is CN(Cc1cc(-c2ccccc2)no1)C1CC2CCC(C1)N2.Cl. The predicted molar refractivity (Wildman–Crippen MR) is 93.6 cm³/mol. The Kier molecular flexibility index (Phi) is 5.05. The summed E-state index contributed by atoms with van der Waals surface area (Å²) in [4.78, 5) is 2.43. The Morgan fingerprint density at radius 3 is 2.57 bits per heavy atom. The number of benzene rings is 1. The van der Waals surface area contributed by atoms with E-state index in [1.807, 2.05) is 18.2 Å². The molecule has 2 aromatic rings. The normalized spacial score (nSPS) is 26.3. The predicted octanol–water partition coefficient (Wildman–Crippen LogP) is 3.48. The molecule has 2 fully saturated rings. The van der Waals surface area contributed by atoms with Crippen LogP contribution in [-0.2, 0) is 6.54 Å². The first kappa shape index (κ1) is 16.5. The van der Waals surface area contributed by atoms with Crippen molar-refractivity contribution in [1.29, 1.82) is 0 Å². The lowest BCUT2D eigenvalue weighted by Crippen LogP contribution is -2.46. The van der Waals surface area contributed by atoms with Crippen molar-refractivity contribution in [2.24, 2.45) is 0 Å². The number of nitrogens with zero attached hydrogens (tertiary/aromatic N) is 2. The van der Waals surface area contributed by atoms with Crippen molar-refractivity contribution in [3.05, 3.63) is 42.2 Å². The summed E-state index contributed by atoms with van der Waals surface area (Å²) in [6.07, 6.45) is 5.20. The summed E-state index contributed by atoms with van der Waals surface area (Å²) in [6, 6.07) is 14.4. The molecule has 1 N–H and O–H groups in total. The van der Waals surface area contributed by atoms with Crippen LogP contribution in [0.5, 0.6) is 0 Å². The van der Waals surface area contributed by atoms with Crippen LogP contribution in [0.4, 0.5) is 0 Å². The molecule has 2 unspecified atom stereocenters. The molecule has 2 atom stereocenters. The van der Waals surface area contributed by atoms with E-state index in [-0.39, 0.29) is 12.4 Å². The Balaban J connectivity index is 0.00000156. The van der Waals surface area contributed by atoms with E-state index in [2.05, 4.69) is 40.6 Å². The summed E-state index contributed by atoms with van der Waals surface area (Å²) in [6.45, 7) is 0.837. The van der Waals surface area contributed by atoms with Crippen molar-refractivity contribution in [3.8, 4) is 11.3 Å². The van der Waals surface area contributed by atoms with Gasteiger partial charge in [-0.15, -0.1) is 12.4 Å². The third kappa shape index (κ3) is 3.60. The molecule has 4 nitrogen and oxygen atoms in total. The molecule has 2 aliphatic rings. The Morgan fingerprint density at radius 2 is 1.87 bits per heavy atom. The molecule has 0 radical (unpaired) electrons. The maximum Gasteiger partial charge on any atom is 0.151 e. The molecule has 1 aromatic heterocycles. The van der Waals surface area contributed by atoms with Gasteiger partial charge in [-0.05, 0) is 32.7 Å². The van der Waals surface area contributed by atoms with Gasteiger partial charge in [-0.3, -0.25) is 4.90 Å². The van der Waals surface area contributed by atoms with Crippen LogP contribution in [0.15, 0.2) is 40.9 Å². The van der Waals surface area contributed by atoms with Gasteiger partial charge in [-0.2, -0.15) is 0 Å². The average molecular weight is 334 g/mol. The zero-order valence-electron chi connectivity index (χ0n) is 13.4. The maximum atomic E-state index is 5.54. The first-order chi connectivity index (χ1) is 10.8. The van der Waals surface area contributed by atoms with Gasteiger partial charge in [0.25, 0.3) is 0 Å². The fourth-order valence-corrected chi connectivity index (χ4v) is 3.89. The van der Waals surface area contributed by atoms with E-state index >= 15 is 0 Å². The monoisotopic (exact) mass is 333 g/mol. The van der Waals surface area contributed by atoms with Crippen LogP contribution in [0.2, 0.25) is 0 Å². The number of aromatic nitrogens is 1. The highest BCUT2D eigenvalue weighted by Crippen LogP contribution is 2.30. The Labute approximate surface area is 143 Å². The molecule has 0 amide bonds. The van der Waals surface area contributed by atoms with Gasteiger partial charge in [-0.1, -0.05) is 35.5 Å². The highest BCUT2D eigenvalue weighted by molar-refractivity contribution is 5.85. The highest BCUT2D eigenvalue weighted by atomic mass is 35.5. The minimum absolute atomic E-state index is 0. The highest BCUT2D eigenvalue weighted by Gasteiger charge is 2.35. The molecule has 2 saturated heterocycles. The zero-order valence-corrected chi connectivity index (χ0v) is 14.3. The molecule has 124 valence electrons. The molecule has 2 aliphatic heterocycles. The molecule has 0 spiro atoms. The summed E-state index contributed by atoms with van der Waals surface area (Å²) >= 11 is 0. The minimum Gasteiger partial charge on any atom is -0.359 e. The van der Waals surface area contributed by atoms with Crippen molar-refractivity contribution in [1.82, 2.24) is 15.4 Å². The van der Waals surface area contributed by atoms with Gasteiger partial charge in [0.05, 0.1) is 6.54 Å². The second kappa shape index (κ2) is 7.04. The Hall–Kier alpha value is -1.36. The maximum absolute atomic E-state index is 5.54. The number of piperidine rings is 1. The molecule has 0 saturated carbocycles. The number of fused-ring (bicyclic) bond motifs is 2. The second-order valence-electron chi connectivity index (χ2n) is 6.72. The largest absolute Gasteiger partial charge is 0.359 e. The van der Waals surface area contributed by atoms with Gasteiger partial charge >= 0.3 is 0 Å². The van der Waals surface area contributed by atoms with Gasteiger partial charge in [0.2, 0.25) is 0 Å². The zero-order chi connectivity index (χ0) is 14.9. The molecular weight excluding hydrogens is 310 g/mol. The van der Waals surface area contributed by atoms with Gasteiger partial charge in [-0.25, -0.2) is 0 Å². The Bertz CT molecular complexity index is 618. The van der Waals surface area contributed by atoms with E-state index in [1.165, 1.54) is 25.7 Å². The van der Waals surface area contributed by atoms with Gasteiger partial charge in [0.1, 0.15) is 5.69 Å². The first-order valence-corrected chi connectivity index (χ1v) is 8.25. The van der Waals surface area contributed by atoms with Crippen LogP contribution in [0.1, 0.15) is 31.4 Å². The smallest absolute Gasteiger partial charge is 0.151 e. The topological polar surface area (TPSA) is 41.3 Å². The third-order valence-electron chi connectivity index (χ3n) is 5.11.